The number of fused-ring (bicyclic) bond motifs is 1. The third-order valence-electron chi connectivity index (χ3n) is 5.49. The summed E-state index contributed by atoms with van der Waals surface area (Å²) >= 11 is 6.39. The van der Waals surface area contributed by atoms with Gasteiger partial charge in [0, 0.05) is 22.0 Å². The smallest absolute Gasteiger partial charge is 0.252 e. The monoisotopic (exact) mass is 423 g/mol. The highest BCUT2D eigenvalue weighted by molar-refractivity contribution is 6.33. The lowest BCUT2D eigenvalue weighted by Crippen LogP contribution is -2.33. The van der Waals surface area contributed by atoms with Crippen LogP contribution in [0.4, 0.5) is 0 Å². The average molecular weight is 424 g/mol. The van der Waals surface area contributed by atoms with Crippen LogP contribution < -0.4 is 5.32 Å². The Hall–Kier alpha value is -2.43. The molecule has 3 aromatic rings. The molecule has 1 unspecified atom stereocenters. The van der Waals surface area contributed by atoms with Gasteiger partial charge in [-0.3, -0.25) is 4.79 Å². The number of amides is 1. The van der Waals surface area contributed by atoms with E-state index in [9.17, 15) is 4.79 Å². The molecule has 0 aliphatic rings. The van der Waals surface area contributed by atoms with E-state index >= 15 is 0 Å². The van der Waals surface area contributed by atoms with Gasteiger partial charge < -0.3 is 10.2 Å². The molecule has 1 aromatic heterocycles. The van der Waals surface area contributed by atoms with Crippen LogP contribution in [0.25, 0.3) is 22.2 Å². The highest BCUT2D eigenvalue weighted by Crippen LogP contribution is 2.29. The number of carbonyl (C=O) groups excluding carboxylic acids is 1. The number of para-hydroxylation sites is 1. The molecule has 158 valence electrons. The molecule has 0 aliphatic carbocycles. The Bertz CT molecular complexity index is 1000. The summed E-state index contributed by atoms with van der Waals surface area (Å²) in [6, 6.07) is 17.3. The fraction of sp³-hybridized carbons (Fsp3) is 0.360. The molecular weight excluding hydrogens is 394 g/mol. The lowest BCUT2D eigenvalue weighted by atomic mass is 10.0. The van der Waals surface area contributed by atoms with Crippen LogP contribution in [-0.4, -0.2) is 41.5 Å². The topological polar surface area (TPSA) is 45.2 Å². The number of hydrogen-bond donors (Lipinski definition) is 1. The molecule has 1 atom stereocenters. The summed E-state index contributed by atoms with van der Waals surface area (Å²) in [4.78, 5) is 20.3. The minimum absolute atomic E-state index is 0.0720. The first kappa shape index (κ1) is 22.3. The van der Waals surface area contributed by atoms with Gasteiger partial charge in [-0.2, -0.15) is 0 Å². The van der Waals surface area contributed by atoms with Crippen LogP contribution in [0, 0.1) is 0 Å². The first-order chi connectivity index (χ1) is 14.5. The molecule has 0 spiro atoms. The first-order valence-corrected chi connectivity index (χ1v) is 11.1. The molecule has 0 saturated heterocycles. The van der Waals surface area contributed by atoms with Gasteiger partial charge in [-0.05, 0) is 57.6 Å². The van der Waals surface area contributed by atoms with Crippen molar-refractivity contribution in [2.75, 3.05) is 19.6 Å². The Balaban J connectivity index is 1.82. The quantitative estimate of drug-likeness (QED) is 0.473. The van der Waals surface area contributed by atoms with Crippen molar-refractivity contribution in [1.29, 1.82) is 0 Å². The van der Waals surface area contributed by atoms with E-state index in [0.717, 1.165) is 48.9 Å². The van der Waals surface area contributed by atoms with Crippen LogP contribution in [0.1, 0.15) is 44.0 Å². The van der Waals surface area contributed by atoms with Crippen molar-refractivity contribution < 1.29 is 4.79 Å². The maximum absolute atomic E-state index is 13.2. The average Bonchev–Trinajstić information content (AvgIpc) is 2.76. The number of nitrogens with one attached hydrogen (secondary N) is 1. The maximum atomic E-state index is 13.2. The Morgan fingerprint density at radius 1 is 1.10 bits per heavy atom. The zero-order valence-corrected chi connectivity index (χ0v) is 18.7. The second-order valence-electron chi connectivity index (χ2n) is 7.60. The number of carbonyl (C=O) groups is 1. The van der Waals surface area contributed by atoms with Gasteiger partial charge in [-0.1, -0.05) is 61.8 Å². The lowest BCUT2D eigenvalue weighted by Gasteiger charge is -2.20. The third-order valence-corrected chi connectivity index (χ3v) is 5.82. The molecule has 2 aromatic carbocycles. The van der Waals surface area contributed by atoms with Crippen LogP contribution in [0.2, 0.25) is 5.02 Å². The number of hydrogen-bond acceptors (Lipinski definition) is 3. The summed E-state index contributed by atoms with van der Waals surface area (Å²) in [5.74, 6) is -0.0720. The molecule has 1 N–H and O–H groups in total. The van der Waals surface area contributed by atoms with E-state index in [1.165, 1.54) is 0 Å². The van der Waals surface area contributed by atoms with E-state index in [1.807, 2.05) is 54.6 Å². The maximum Gasteiger partial charge on any atom is 0.252 e. The Morgan fingerprint density at radius 2 is 1.80 bits per heavy atom. The molecule has 0 saturated carbocycles. The van der Waals surface area contributed by atoms with Crippen molar-refractivity contribution in [3.05, 3.63) is 65.2 Å². The van der Waals surface area contributed by atoms with Crippen molar-refractivity contribution in [1.82, 2.24) is 15.2 Å². The summed E-state index contributed by atoms with van der Waals surface area (Å²) in [5, 5.41) is 4.64. The molecule has 0 fully saturated rings. The summed E-state index contributed by atoms with van der Waals surface area (Å²) in [7, 11) is 0. The van der Waals surface area contributed by atoms with E-state index in [-0.39, 0.29) is 11.9 Å². The second-order valence-corrected chi connectivity index (χ2v) is 8.00. The number of benzene rings is 2. The van der Waals surface area contributed by atoms with Gasteiger partial charge in [-0.15, -0.1) is 0 Å². The van der Waals surface area contributed by atoms with Gasteiger partial charge in [0.25, 0.3) is 5.91 Å². The van der Waals surface area contributed by atoms with E-state index in [0.29, 0.717) is 16.3 Å². The van der Waals surface area contributed by atoms with E-state index in [4.69, 9.17) is 16.6 Å². The predicted octanol–water partition coefficient (Wildman–Crippen LogP) is 5.80. The fourth-order valence-corrected chi connectivity index (χ4v) is 3.94. The van der Waals surface area contributed by atoms with Crippen LogP contribution in [0.15, 0.2) is 54.6 Å². The van der Waals surface area contributed by atoms with Crippen molar-refractivity contribution in [3.63, 3.8) is 0 Å². The minimum Gasteiger partial charge on any atom is -0.350 e. The van der Waals surface area contributed by atoms with Crippen molar-refractivity contribution in [2.45, 2.75) is 39.7 Å². The number of pyridine rings is 1. The molecule has 3 rings (SSSR count). The zero-order valence-electron chi connectivity index (χ0n) is 18.0. The Labute approximate surface area is 184 Å². The fourth-order valence-electron chi connectivity index (χ4n) is 3.70. The van der Waals surface area contributed by atoms with Gasteiger partial charge in [0.1, 0.15) is 0 Å². The zero-order chi connectivity index (χ0) is 21.5. The molecule has 0 radical (unpaired) electrons. The molecule has 0 bridgehead atoms. The van der Waals surface area contributed by atoms with Crippen molar-refractivity contribution >= 4 is 28.4 Å². The molecule has 4 nitrogen and oxygen atoms in total. The van der Waals surface area contributed by atoms with Crippen LogP contribution >= 0.6 is 11.6 Å². The standard InChI is InChI=1S/C25H30ClN3O/c1-4-29(5-2)16-10-11-18(3)27-25(30)21-17-24(20-13-6-8-14-22(20)26)28-23-15-9-7-12-19(21)23/h6-9,12-15,17-18H,4-5,10-11,16H2,1-3H3,(H,27,30). The van der Waals surface area contributed by atoms with Gasteiger partial charge in [0.05, 0.1) is 16.8 Å². The SMILES string of the molecule is CCN(CC)CCCC(C)NC(=O)c1cc(-c2ccccc2Cl)nc2ccccc12. The minimum atomic E-state index is -0.0720. The number of rotatable bonds is 9. The summed E-state index contributed by atoms with van der Waals surface area (Å²) in [6.45, 7) is 9.61. The highest BCUT2D eigenvalue weighted by atomic mass is 35.5. The van der Waals surface area contributed by atoms with Gasteiger partial charge in [0.2, 0.25) is 0 Å². The van der Waals surface area contributed by atoms with Gasteiger partial charge in [-0.25, -0.2) is 4.98 Å². The molecule has 1 heterocycles. The van der Waals surface area contributed by atoms with Crippen LogP contribution in [0.5, 0.6) is 0 Å². The largest absolute Gasteiger partial charge is 0.350 e. The number of aromatic nitrogens is 1. The third kappa shape index (κ3) is 5.38. The normalized spacial score (nSPS) is 12.3. The summed E-state index contributed by atoms with van der Waals surface area (Å²) < 4.78 is 0. The summed E-state index contributed by atoms with van der Waals surface area (Å²) in [6.07, 6.45) is 2.01. The molecule has 5 heteroatoms. The van der Waals surface area contributed by atoms with Gasteiger partial charge in [0.15, 0.2) is 0 Å². The number of nitrogens with zero attached hydrogens (tertiary/aromatic N) is 2. The molecule has 30 heavy (non-hydrogen) atoms. The molecule has 0 aliphatic heterocycles. The van der Waals surface area contributed by atoms with E-state index in [1.54, 1.807) is 0 Å². The van der Waals surface area contributed by atoms with Gasteiger partial charge >= 0.3 is 0 Å². The first-order valence-electron chi connectivity index (χ1n) is 10.7. The Kier molecular flexibility index (Phi) is 7.83. The summed E-state index contributed by atoms with van der Waals surface area (Å²) in [5.41, 5.74) is 2.95. The van der Waals surface area contributed by atoms with E-state index < -0.39 is 0 Å². The van der Waals surface area contributed by atoms with Crippen LogP contribution in [0.3, 0.4) is 0 Å². The van der Waals surface area contributed by atoms with Crippen molar-refractivity contribution in [3.8, 4) is 11.3 Å². The molecule has 1 amide bonds. The lowest BCUT2D eigenvalue weighted by molar-refractivity contribution is 0.0939. The highest BCUT2D eigenvalue weighted by Gasteiger charge is 2.17. The predicted molar refractivity (Wildman–Crippen MR) is 126 cm³/mol. The number of halogens is 1. The van der Waals surface area contributed by atoms with Crippen molar-refractivity contribution in [2.24, 2.45) is 0 Å². The van der Waals surface area contributed by atoms with Crippen LogP contribution in [-0.2, 0) is 0 Å². The Morgan fingerprint density at radius 3 is 2.53 bits per heavy atom. The van der Waals surface area contributed by atoms with E-state index in [2.05, 4.69) is 31.0 Å². The second kappa shape index (κ2) is 10.6. The molecular formula is C25H30ClN3O.